The predicted molar refractivity (Wildman–Crippen MR) is 102 cm³/mol. The van der Waals surface area contributed by atoms with Gasteiger partial charge in [-0.3, -0.25) is 0 Å². The van der Waals surface area contributed by atoms with E-state index in [1.807, 2.05) is 12.1 Å². The quantitative estimate of drug-likeness (QED) is 0.666. The molecule has 0 fully saturated rings. The van der Waals surface area contributed by atoms with E-state index in [-0.39, 0.29) is 0 Å². The molecule has 0 amide bonds. The van der Waals surface area contributed by atoms with Gasteiger partial charge in [-0.05, 0) is 40.9 Å². The van der Waals surface area contributed by atoms with Gasteiger partial charge in [0.25, 0.3) is 0 Å². The molecule has 1 aliphatic rings. The molecule has 0 saturated heterocycles. The third-order valence-electron chi connectivity index (χ3n) is 4.51. The molecular weight excluding hydrogens is 350 g/mol. The minimum absolute atomic E-state index is 0.571. The first kappa shape index (κ1) is 16.7. The van der Waals surface area contributed by atoms with Crippen molar-refractivity contribution in [3.05, 3.63) is 41.3 Å². The Bertz CT molecular complexity index is 926. The van der Waals surface area contributed by atoms with Crippen LogP contribution < -0.4 is 18.9 Å². The van der Waals surface area contributed by atoms with E-state index in [4.69, 9.17) is 18.9 Å². The Morgan fingerprint density at radius 2 is 1.73 bits per heavy atom. The fraction of sp³-hybridized carbons (Fsp3) is 0.250. The predicted octanol–water partition coefficient (Wildman–Crippen LogP) is 4.44. The number of benzene rings is 2. The lowest BCUT2D eigenvalue weighted by Crippen LogP contribution is -1.96. The molecule has 0 atom stereocenters. The molecule has 4 rings (SSSR count). The summed E-state index contributed by atoms with van der Waals surface area (Å²) in [7, 11) is 4.82. The van der Waals surface area contributed by atoms with E-state index in [0.717, 1.165) is 41.2 Å². The minimum atomic E-state index is 0.571. The van der Waals surface area contributed by atoms with Crippen molar-refractivity contribution < 1.29 is 18.9 Å². The molecule has 1 aliphatic heterocycles. The van der Waals surface area contributed by atoms with Crippen molar-refractivity contribution in [2.75, 3.05) is 27.9 Å². The maximum absolute atomic E-state index is 5.71. The molecule has 6 heteroatoms. The Morgan fingerprint density at radius 1 is 0.962 bits per heavy atom. The zero-order valence-corrected chi connectivity index (χ0v) is 15.7. The van der Waals surface area contributed by atoms with Crippen molar-refractivity contribution >= 4 is 11.5 Å². The molecule has 0 bridgehead atoms. The minimum Gasteiger partial charge on any atom is -0.493 e. The number of nitrogens with zero attached hydrogens (tertiary/aromatic N) is 1. The van der Waals surface area contributed by atoms with Crippen molar-refractivity contribution in [3.63, 3.8) is 0 Å². The molecule has 0 spiro atoms. The zero-order valence-electron chi connectivity index (χ0n) is 14.9. The van der Waals surface area contributed by atoms with E-state index in [1.54, 1.807) is 21.3 Å². The number of aromatic nitrogens is 1. The van der Waals surface area contributed by atoms with Crippen LogP contribution in [0.5, 0.6) is 23.0 Å². The highest BCUT2D eigenvalue weighted by molar-refractivity contribution is 7.04. The molecule has 134 valence electrons. The lowest BCUT2D eigenvalue weighted by molar-refractivity contribution is 0.324. The Morgan fingerprint density at radius 3 is 2.42 bits per heavy atom. The monoisotopic (exact) mass is 369 g/mol. The van der Waals surface area contributed by atoms with Gasteiger partial charge in [-0.2, -0.15) is 4.37 Å². The molecule has 0 aliphatic carbocycles. The number of rotatable bonds is 5. The van der Waals surface area contributed by atoms with Crippen LogP contribution in [0, 0.1) is 0 Å². The first-order valence-corrected chi connectivity index (χ1v) is 9.09. The number of fused-ring (bicyclic) bond motifs is 1. The van der Waals surface area contributed by atoms with Gasteiger partial charge in [-0.25, -0.2) is 0 Å². The van der Waals surface area contributed by atoms with Crippen LogP contribution in [0.25, 0.3) is 22.4 Å². The van der Waals surface area contributed by atoms with Crippen LogP contribution in [0.4, 0.5) is 0 Å². The highest BCUT2D eigenvalue weighted by Crippen LogP contribution is 2.44. The van der Waals surface area contributed by atoms with Crippen LogP contribution >= 0.6 is 11.5 Å². The van der Waals surface area contributed by atoms with Crippen LogP contribution in [-0.4, -0.2) is 32.3 Å². The van der Waals surface area contributed by atoms with Crippen molar-refractivity contribution in [2.24, 2.45) is 0 Å². The molecule has 5 nitrogen and oxygen atoms in total. The first-order valence-electron chi connectivity index (χ1n) is 8.26. The highest BCUT2D eigenvalue weighted by Gasteiger charge is 2.19. The summed E-state index contributed by atoms with van der Waals surface area (Å²) in [6, 6.07) is 10.2. The second-order valence-electron chi connectivity index (χ2n) is 5.91. The van der Waals surface area contributed by atoms with Crippen LogP contribution in [0.2, 0.25) is 0 Å². The van der Waals surface area contributed by atoms with E-state index in [0.29, 0.717) is 17.2 Å². The number of ether oxygens (including phenoxy) is 4. The number of hydrogen-bond donors (Lipinski definition) is 0. The summed E-state index contributed by atoms with van der Waals surface area (Å²) in [6.45, 7) is 0.750. The van der Waals surface area contributed by atoms with E-state index in [2.05, 4.69) is 28.0 Å². The van der Waals surface area contributed by atoms with E-state index in [1.165, 1.54) is 17.1 Å². The number of hydrogen-bond acceptors (Lipinski definition) is 6. The summed E-state index contributed by atoms with van der Waals surface area (Å²) in [5, 5.41) is 2.05. The summed E-state index contributed by atoms with van der Waals surface area (Å²) in [5.74, 6) is 2.75. The zero-order chi connectivity index (χ0) is 18.1. The van der Waals surface area contributed by atoms with Gasteiger partial charge in [0.05, 0.1) is 33.6 Å². The van der Waals surface area contributed by atoms with E-state index >= 15 is 0 Å². The molecule has 0 N–H and O–H groups in total. The fourth-order valence-corrected chi connectivity index (χ4v) is 3.92. The third kappa shape index (κ3) is 2.76. The molecule has 26 heavy (non-hydrogen) atoms. The maximum atomic E-state index is 5.71. The van der Waals surface area contributed by atoms with E-state index in [9.17, 15) is 0 Å². The van der Waals surface area contributed by atoms with Gasteiger partial charge in [0.2, 0.25) is 5.75 Å². The third-order valence-corrected chi connectivity index (χ3v) is 5.14. The molecule has 1 aromatic heterocycles. The summed E-state index contributed by atoms with van der Waals surface area (Å²) in [4.78, 5) is 0. The van der Waals surface area contributed by atoms with Crippen LogP contribution in [0.15, 0.2) is 35.7 Å². The SMILES string of the molecule is COc1cc(-c2nscc2-c2ccc3c(c2)OCC3)cc(OC)c1OC. The second-order valence-corrected chi connectivity index (χ2v) is 6.54. The van der Waals surface area contributed by atoms with Gasteiger partial charge < -0.3 is 18.9 Å². The van der Waals surface area contributed by atoms with Gasteiger partial charge in [-0.1, -0.05) is 12.1 Å². The van der Waals surface area contributed by atoms with Gasteiger partial charge in [0.15, 0.2) is 11.5 Å². The molecular formula is C20H19NO4S. The largest absolute Gasteiger partial charge is 0.493 e. The molecule has 2 heterocycles. The second kappa shape index (κ2) is 6.88. The van der Waals surface area contributed by atoms with Gasteiger partial charge in [-0.15, -0.1) is 0 Å². The Balaban J connectivity index is 1.82. The van der Waals surface area contributed by atoms with Crippen LogP contribution in [0.3, 0.4) is 0 Å². The molecule has 2 aromatic carbocycles. The number of methoxy groups -OCH3 is 3. The van der Waals surface area contributed by atoms with Crippen molar-refractivity contribution in [1.29, 1.82) is 0 Å². The Kier molecular flexibility index (Phi) is 4.42. The van der Waals surface area contributed by atoms with Gasteiger partial charge in [0.1, 0.15) is 5.75 Å². The standard InChI is InChI=1S/C20H19NO4S/c1-22-17-9-14(10-18(23-2)20(17)24-3)19-15(11-26-21-19)13-5-4-12-6-7-25-16(12)8-13/h4-5,8-11H,6-7H2,1-3H3. The summed E-state index contributed by atoms with van der Waals surface area (Å²) in [5.41, 5.74) is 5.20. The average Bonchev–Trinajstić information content (AvgIpc) is 3.35. The van der Waals surface area contributed by atoms with Gasteiger partial charge >= 0.3 is 0 Å². The molecule has 0 saturated carbocycles. The lowest BCUT2D eigenvalue weighted by atomic mass is 9.99. The Hall–Kier alpha value is -2.73. The first-order chi connectivity index (χ1) is 12.7. The fourth-order valence-electron chi connectivity index (χ4n) is 3.20. The highest BCUT2D eigenvalue weighted by atomic mass is 32.1. The molecule has 0 radical (unpaired) electrons. The Labute approximate surface area is 156 Å². The summed E-state index contributed by atoms with van der Waals surface area (Å²) < 4.78 is 26.7. The smallest absolute Gasteiger partial charge is 0.203 e. The van der Waals surface area contributed by atoms with Crippen molar-refractivity contribution in [3.8, 4) is 45.4 Å². The van der Waals surface area contributed by atoms with Crippen molar-refractivity contribution in [1.82, 2.24) is 4.37 Å². The topological polar surface area (TPSA) is 49.8 Å². The van der Waals surface area contributed by atoms with Crippen molar-refractivity contribution in [2.45, 2.75) is 6.42 Å². The van der Waals surface area contributed by atoms with Crippen LogP contribution in [0.1, 0.15) is 5.56 Å². The summed E-state index contributed by atoms with van der Waals surface area (Å²) >= 11 is 1.42. The summed E-state index contributed by atoms with van der Waals surface area (Å²) in [6.07, 6.45) is 0.969. The maximum Gasteiger partial charge on any atom is 0.203 e. The normalized spacial score (nSPS) is 12.4. The van der Waals surface area contributed by atoms with Gasteiger partial charge in [0, 0.05) is 22.9 Å². The van der Waals surface area contributed by atoms with Crippen LogP contribution in [-0.2, 0) is 6.42 Å². The molecule has 0 unspecified atom stereocenters. The lowest BCUT2D eigenvalue weighted by Gasteiger charge is -2.14. The molecule has 3 aromatic rings. The average molecular weight is 369 g/mol. The van der Waals surface area contributed by atoms with E-state index < -0.39 is 0 Å².